The Kier molecular flexibility index (Phi) is 5.81. The molecule has 6 heteroatoms. The molecule has 29 heavy (non-hydrogen) atoms. The monoisotopic (exact) mass is 393 g/mol. The van der Waals surface area contributed by atoms with Gasteiger partial charge < -0.3 is 20.6 Å². The Bertz CT molecular complexity index is 871. The molecule has 1 saturated heterocycles. The largest absolute Gasteiger partial charge is 0.465 e. The number of carboxylic acid groups (broad SMARTS) is 1. The molecule has 0 radical (unpaired) electrons. The van der Waals surface area contributed by atoms with Gasteiger partial charge >= 0.3 is 6.09 Å². The van der Waals surface area contributed by atoms with Crippen molar-refractivity contribution in [1.29, 1.82) is 0 Å². The number of carbonyl (C=O) groups is 2. The highest BCUT2D eigenvalue weighted by Gasteiger charge is 2.39. The zero-order valence-electron chi connectivity index (χ0n) is 16.4. The van der Waals surface area contributed by atoms with Crippen LogP contribution in [0.5, 0.6) is 0 Å². The third-order valence-electron chi connectivity index (χ3n) is 6.00. The first kappa shape index (κ1) is 19.5. The Morgan fingerprint density at radius 3 is 2.66 bits per heavy atom. The highest BCUT2D eigenvalue weighted by Crippen LogP contribution is 2.29. The quantitative estimate of drug-likeness (QED) is 0.746. The van der Waals surface area contributed by atoms with Crippen LogP contribution >= 0.6 is 0 Å². The fraction of sp³-hybridized carbons (Fsp3) is 0.391. The van der Waals surface area contributed by atoms with Crippen LogP contribution in [0.2, 0.25) is 0 Å². The number of amides is 2. The highest BCUT2D eigenvalue weighted by molar-refractivity contribution is 5.84. The zero-order chi connectivity index (χ0) is 20.2. The number of hydrogen-bond acceptors (Lipinski definition) is 3. The summed E-state index contributed by atoms with van der Waals surface area (Å²) in [5.41, 5.74) is 3.49. The Morgan fingerprint density at radius 2 is 1.86 bits per heavy atom. The number of rotatable bonds is 4. The van der Waals surface area contributed by atoms with E-state index in [2.05, 4.69) is 22.8 Å². The van der Waals surface area contributed by atoms with E-state index in [1.54, 1.807) is 0 Å². The maximum Gasteiger partial charge on any atom is 0.407 e. The topological polar surface area (TPSA) is 81.7 Å². The van der Waals surface area contributed by atoms with Crippen LogP contribution in [-0.2, 0) is 17.6 Å². The van der Waals surface area contributed by atoms with Crippen molar-refractivity contribution in [3.05, 3.63) is 71.3 Å². The SMILES string of the molecule is O=C(N[C@@H]1CCCc2ccccc21)[C@H]1NCCN(C(=O)O)C1Cc1ccccc1. The van der Waals surface area contributed by atoms with Gasteiger partial charge in [0, 0.05) is 13.1 Å². The van der Waals surface area contributed by atoms with Crippen LogP contribution < -0.4 is 10.6 Å². The summed E-state index contributed by atoms with van der Waals surface area (Å²) in [6.45, 7) is 0.847. The molecule has 0 spiro atoms. The molecule has 0 bridgehead atoms. The average molecular weight is 393 g/mol. The lowest BCUT2D eigenvalue weighted by atomic mass is 9.87. The first-order chi connectivity index (χ1) is 14.1. The molecular weight excluding hydrogens is 366 g/mol. The second-order valence-corrected chi connectivity index (χ2v) is 7.82. The molecule has 4 rings (SSSR count). The predicted octanol–water partition coefficient (Wildman–Crippen LogP) is 2.74. The van der Waals surface area contributed by atoms with E-state index in [9.17, 15) is 14.7 Å². The molecule has 3 N–H and O–H groups in total. The summed E-state index contributed by atoms with van der Waals surface area (Å²) in [4.78, 5) is 26.5. The lowest BCUT2D eigenvalue weighted by Crippen LogP contribution is -2.65. The summed E-state index contributed by atoms with van der Waals surface area (Å²) in [6, 6.07) is 17.0. The van der Waals surface area contributed by atoms with E-state index in [4.69, 9.17) is 0 Å². The lowest BCUT2D eigenvalue weighted by Gasteiger charge is -2.40. The Morgan fingerprint density at radius 1 is 1.10 bits per heavy atom. The van der Waals surface area contributed by atoms with Gasteiger partial charge in [0.1, 0.15) is 6.04 Å². The van der Waals surface area contributed by atoms with Gasteiger partial charge in [-0.15, -0.1) is 0 Å². The molecule has 2 aliphatic rings. The summed E-state index contributed by atoms with van der Waals surface area (Å²) in [5.74, 6) is -0.126. The molecule has 2 aromatic carbocycles. The van der Waals surface area contributed by atoms with Gasteiger partial charge in [0.05, 0.1) is 12.1 Å². The molecule has 1 aliphatic heterocycles. The van der Waals surface area contributed by atoms with Gasteiger partial charge in [0.2, 0.25) is 5.91 Å². The first-order valence-corrected chi connectivity index (χ1v) is 10.3. The van der Waals surface area contributed by atoms with Gasteiger partial charge in [-0.1, -0.05) is 54.6 Å². The van der Waals surface area contributed by atoms with E-state index in [-0.39, 0.29) is 11.9 Å². The van der Waals surface area contributed by atoms with E-state index in [1.165, 1.54) is 16.0 Å². The fourth-order valence-electron chi connectivity index (χ4n) is 4.58. The molecule has 1 fully saturated rings. The van der Waals surface area contributed by atoms with Gasteiger partial charge in [-0.3, -0.25) is 4.79 Å². The number of fused-ring (bicyclic) bond motifs is 1. The number of benzene rings is 2. The van der Waals surface area contributed by atoms with Crippen LogP contribution in [0.25, 0.3) is 0 Å². The van der Waals surface area contributed by atoms with E-state index >= 15 is 0 Å². The average Bonchev–Trinajstić information content (AvgIpc) is 2.74. The number of aryl methyl sites for hydroxylation is 1. The van der Waals surface area contributed by atoms with E-state index in [1.807, 2.05) is 42.5 Å². The van der Waals surface area contributed by atoms with Crippen LogP contribution in [0, 0.1) is 0 Å². The minimum Gasteiger partial charge on any atom is -0.465 e. The number of piperazine rings is 1. The lowest BCUT2D eigenvalue weighted by molar-refractivity contribution is -0.126. The smallest absolute Gasteiger partial charge is 0.407 e. The molecule has 1 aliphatic carbocycles. The molecule has 1 unspecified atom stereocenters. The predicted molar refractivity (Wildman–Crippen MR) is 111 cm³/mol. The van der Waals surface area contributed by atoms with E-state index in [0.29, 0.717) is 19.5 Å². The van der Waals surface area contributed by atoms with E-state index < -0.39 is 18.2 Å². The second kappa shape index (κ2) is 8.66. The Balaban J connectivity index is 1.54. The Hall–Kier alpha value is -2.86. The maximum absolute atomic E-state index is 13.3. The minimum atomic E-state index is -0.978. The van der Waals surface area contributed by atoms with Gasteiger partial charge in [-0.05, 0) is 42.4 Å². The van der Waals surface area contributed by atoms with Gasteiger partial charge in [-0.25, -0.2) is 4.79 Å². The van der Waals surface area contributed by atoms with Crippen molar-refractivity contribution in [3.8, 4) is 0 Å². The van der Waals surface area contributed by atoms with Crippen LogP contribution in [0.1, 0.15) is 35.6 Å². The van der Waals surface area contributed by atoms with Crippen molar-refractivity contribution in [2.75, 3.05) is 13.1 Å². The first-order valence-electron chi connectivity index (χ1n) is 10.3. The molecule has 2 aromatic rings. The van der Waals surface area contributed by atoms with Crippen LogP contribution in [0.15, 0.2) is 54.6 Å². The van der Waals surface area contributed by atoms with Gasteiger partial charge in [0.15, 0.2) is 0 Å². The van der Waals surface area contributed by atoms with Crippen molar-refractivity contribution < 1.29 is 14.7 Å². The number of carbonyl (C=O) groups excluding carboxylic acids is 1. The van der Waals surface area contributed by atoms with Crippen molar-refractivity contribution in [2.24, 2.45) is 0 Å². The van der Waals surface area contributed by atoms with Gasteiger partial charge in [0.25, 0.3) is 0 Å². The number of nitrogens with one attached hydrogen (secondary N) is 2. The molecule has 0 aromatic heterocycles. The molecule has 3 atom stereocenters. The maximum atomic E-state index is 13.3. The normalized spacial score (nSPS) is 23.9. The van der Waals surface area contributed by atoms with Crippen molar-refractivity contribution in [1.82, 2.24) is 15.5 Å². The second-order valence-electron chi connectivity index (χ2n) is 7.82. The van der Waals surface area contributed by atoms with Crippen molar-refractivity contribution in [2.45, 2.75) is 43.8 Å². The van der Waals surface area contributed by atoms with Crippen LogP contribution in [-0.4, -0.2) is 47.2 Å². The third kappa shape index (κ3) is 4.27. The number of hydrogen-bond donors (Lipinski definition) is 3. The summed E-state index contributed by atoms with van der Waals surface area (Å²) < 4.78 is 0. The van der Waals surface area contributed by atoms with Crippen molar-refractivity contribution in [3.63, 3.8) is 0 Å². The van der Waals surface area contributed by atoms with Crippen LogP contribution in [0.4, 0.5) is 4.79 Å². The minimum absolute atomic E-state index is 0.0215. The molecule has 1 heterocycles. The zero-order valence-corrected chi connectivity index (χ0v) is 16.4. The number of nitrogens with zero attached hydrogens (tertiary/aromatic N) is 1. The van der Waals surface area contributed by atoms with Gasteiger partial charge in [-0.2, -0.15) is 0 Å². The molecule has 0 saturated carbocycles. The molecular formula is C23H27N3O3. The molecule has 6 nitrogen and oxygen atoms in total. The van der Waals surface area contributed by atoms with Crippen molar-refractivity contribution >= 4 is 12.0 Å². The summed E-state index contributed by atoms with van der Waals surface area (Å²) in [5, 5.41) is 16.2. The summed E-state index contributed by atoms with van der Waals surface area (Å²) in [7, 11) is 0. The highest BCUT2D eigenvalue weighted by atomic mass is 16.4. The Labute approximate surface area is 170 Å². The summed E-state index contributed by atoms with van der Waals surface area (Å²) >= 11 is 0. The fourth-order valence-corrected chi connectivity index (χ4v) is 4.58. The van der Waals surface area contributed by atoms with E-state index in [0.717, 1.165) is 24.8 Å². The standard InChI is InChI=1S/C23H27N3O3/c27-22(25-19-12-6-10-17-9-4-5-11-18(17)19)21-20(15-16-7-2-1-3-8-16)26(23(28)29)14-13-24-21/h1-5,7-9,11,19-21,24H,6,10,12-15H2,(H,25,27)(H,28,29)/t19-,20?,21+/m1/s1. The summed E-state index contributed by atoms with van der Waals surface area (Å²) in [6.07, 6.45) is 2.50. The third-order valence-corrected chi connectivity index (χ3v) is 6.00. The van der Waals surface area contributed by atoms with Crippen LogP contribution in [0.3, 0.4) is 0 Å². The molecule has 2 amide bonds. The molecule has 152 valence electrons.